The van der Waals surface area contributed by atoms with Crippen molar-refractivity contribution in [2.75, 3.05) is 0 Å². The highest BCUT2D eigenvalue weighted by Crippen LogP contribution is 2.25. The molecule has 1 aromatic heterocycles. The molecule has 28 heavy (non-hydrogen) atoms. The Morgan fingerprint density at radius 2 is 1.68 bits per heavy atom. The first kappa shape index (κ1) is 18.0. The molecule has 0 bridgehead atoms. The van der Waals surface area contributed by atoms with E-state index in [0.29, 0.717) is 5.56 Å². The van der Waals surface area contributed by atoms with E-state index < -0.39 is 0 Å². The van der Waals surface area contributed by atoms with Gasteiger partial charge < -0.3 is 9.88 Å². The number of carbonyl (C=O) groups excluding carboxylic acids is 1. The summed E-state index contributed by atoms with van der Waals surface area (Å²) in [6.07, 6.45) is 0. The van der Waals surface area contributed by atoms with E-state index in [-0.39, 0.29) is 11.9 Å². The lowest BCUT2D eigenvalue weighted by atomic mass is 10.0. The molecule has 1 atom stereocenters. The van der Waals surface area contributed by atoms with Crippen molar-refractivity contribution < 1.29 is 4.79 Å². The summed E-state index contributed by atoms with van der Waals surface area (Å²) in [5.74, 6) is 0.716. The topological polar surface area (TPSA) is 46.9 Å². The molecule has 1 heterocycles. The van der Waals surface area contributed by atoms with Gasteiger partial charge in [-0.05, 0) is 43.2 Å². The Hall–Kier alpha value is -3.40. The smallest absolute Gasteiger partial charge is 0.252 e. The molecule has 0 saturated heterocycles. The molecule has 0 saturated carbocycles. The van der Waals surface area contributed by atoms with Crippen LogP contribution in [0.1, 0.15) is 38.9 Å². The monoisotopic (exact) mass is 369 g/mol. The van der Waals surface area contributed by atoms with E-state index in [0.717, 1.165) is 33.5 Å². The minimum Gasteiger partial charge on any atom is -0.338 e. The van der Waals surface area contributed by atoms with Crippen molar-refractivity contribution in [2.45, 2.75) is 19.9 Å². The van der Waals surface area contributed by atoms with E-state index in [9.17, 15) is 4.79 Å². The van der Waals surface area contributed by atoms with Crippen LogP contribution < -0.4 is 5.32 Å². The van der Waals surface area contributed by atoms with Gasteiger partial charge in [0.1, 0.15) is 11.9 Å². The zero-order valence-electron chi connectivity index (χ0n) is 16.3. The van der Waals surface area contributed by atoms with Crippen LogP contribution in [0.25, 0.3) is 11.0 Å². The summed E-state index contributed by atoms with van der Waals surface area (Å²) in [5, 5.41) is 3.21. The molecule has 3 aromatic carbocycles. The van der Waals surface area contributed by atoms with Gasteiger partial charge in [-0.2, -0.15) is 0 Å². The number of para-hydroxylation sites is 2. The normalized spacial score (nSPS) is 12.1. The number of hydrogen-bond acceptors (Lipinski definition) is 2. The number of benzene rings is 3. The van der Waals surface area contributed by atoms with E-state index in [4.69, 9.17) is 4.98 Å². The first-order valence-electron chi connectivity index (χ1n) is 9.39. The van der Waals surface area contributed by atoms with Crippen molar-refractivity contribution in [3.05, 3.63) is 101 Å². The van der Waals surface area contributed by atoms with Crippen LogP contribution in [0.15, 0.2) is 72.8 Å². The predicted octanol–water partition coefficient (Wildman–Crippen LogP) is 4.71. The van der Waals surface area contributed by atoms with Gasteiger partial charge in [0.25, 0.3) is 5.91 Å². The highest BCUT2D eigenvalue weighted by Gasteiger charge is 2.23. The third kappa shape index (κ3) is 3.29. The number of nitrogens with one attached hydrogen (secondary N) is 1. The number of fused-ring (bicyclic) bond motifs is 1. The van der Waals surface area contributed by atoms with Crippen LogP contribution in [0.3, 0.4) is 0 Å². The van der Waals surface area contributed by atoms with Crippen molar-refractivity contribution in [3.63, 3.8) is 0 Å². The van der Waals surface area contributed by atoms with Gasteiger partial charge in [0.05, 0.1) is 11.0 Å². The quantitative estimate of drug-likeness (QED) is 0.566. The fourth-order valence-electron chi connectivity index (χ4n) is 3.55. The summed E-state index contributed by atoms with van der Waals surface area (Å²) < 4.78 is 2.05. The van der Waals surface area contributed by atoms with Crippen LogP contribution in [0.4, 0.5) is 0 Å². The summed E-state index contributed by atoms with van der Waals surface area (Å²) >= 11 is 0. The first-order valence-corrected chi connectivity index (χ1v) is 9.39. The van der Waals surface area contributed by atoms with Gasteiger partial charge in [0.2, 0.25) is 0 Å². The summed E-state index contributed by atoms with van der Waals surface area (Å²) in [7, 11) is 1.99. The van der Waals surface area contributed by atoms with E-state index >= 15 is 0 Å². The number of imidazole rings is 1. The molecule has 0 aliphatic carbocycles. The lowest BCUT2D eigenvalue weighted by molar-refractivity contribution is 0.0940. The lowest BCUT2D eigenvalue weighted by Crippen LogP contribution is -2.31. The fourth-order valence-corrected chi connectivity index (χ4v) is 3.55. The molecule has 4 aromatic rings. The number of rotatable bonds is 4. The predicted molar refractivity (Wildman–Crippen MR) is 112 cm³/mol. The Bertz CT molecular complexity index is 1150. The Kier molecular flexibility index (Phi) is 4.70. The second kappa shape index (κ2) is 7.31. The minimum absolute atomic E-state index is 0.0953. The van der Waals surface area contributed by atoms with Gasteiger partial charge in [0.15, 0.2) is 0 Å². The summed E-state index contributed by atoms with van der Waals surface area (Å²) in [5.41, 5.74) is 5.68. The Balaban J connectivity index is 1.79. The number of nitrogens with zero attached hydrogens (tertiary/aromatic N) is 2. The molecule has 4 rings (SSSR count). The van der Waals surface area contributed by atoms with Crippen LogP contribution in [0.5, 0.6) is 0 Å². The molecule has 4 heteroatoms. The SMILES string of the molecule is Cc1ccc(C)c(C(=O)NC(c2ccccc2)c2nc3ccccc3n2C)c1. The summed E-state index contributed by atoms with van der Waals surface area (Å²) in [6.45, 7) is 3.96. The van der Waals surface area contributed by atoms with Gasteiger partial charge in [-0.15, -0.1) is 0 Å². The number of carbonyl (C=O) groups is 1. The average molecular weight is 369 g/mol. The Labute approximate surface area is 164 Å². The van der Waals surface area contributed by atoms with Crippen molar-refractivity contribution in [3.8, 4) is 0 Å². The molecule has 0 aliphatic rings. The van der Waals surface area contributed by atoms with E-state index in [2.05, 4.69) is 9.88 Å². The molecule has 0 spiro atoms. The molecule has 4 nitrogen and oxygen atoms in total. The van der Waals surface area contributed by atoms with Gasteiger partial charge in [-0.25, -0.2) is 4.98 Å². The second-order valence-electron chi connectivity index (χ2n) is 7.15. The number of aromatic nitrogens is 2. The maximum absolute atomic E-state index is 13.2. The Morgan fingerprint density at radius 1 is 0.964 bits per heavy atom. The zero-order valence-corrected chi connectivity index (χ0v) is 16.3. The molecular formula is C24H23N3O. The summed E-state index contributed by atoms with van der Waals surface area (Å²) in [4.78, 5) is 18.0. The van der Waals surface area contributed by atoms with Gasteiger partial charge in [-0.3, -0.25) is 4.79 Å². The number of amides is 1. The molecule has 0 fully saturated rings. The van der Waals surface area contributed by atoms with Crippen molar-refractivity contribution in [2.24, 2.45) is 7.05 Å². The van der Waals surface area contributed by atoms with Gasteiger partial charge >= 0.3 is 0 Å². The van der Waals surface area contributed by atoms with E-state index in [1.54, 1.807) is 0 Å². The second-order valence-corrected chi connectivity index (χ2v) is 7.15. The maximum Gasteiger partial charge on any atom is 0.252 e. The van der Waals surface area contributed by atoms with Crippen LogP contribution >= 0.6 is 0 Å². The Morgan fingerprint density at radius 3 is 2.43 bits per heavy atom. The van der Waals surface area contributed by atoms with Gasteiger partial charge in [-0.1, -0.05) is 60.2 Å². The van der Waals surface area contributed by atoms with Crippen LogP contribution in [0, 0.1) is 13.8 Å². The number of aryl methyl sites for hydroxylation is 3. The first-order chi connectivity index (χ1) is 13.5. The van der Waals surface area contributed by atoms with Crippen LogP contribution in [-0.2, 0) is 7.05 Å². The molecule has 1 amide bonds. The standard InChI is InChI=1S/C24H23N3O/c1-16-13-14-17(2)19(15-16)24(28)26-22(18-9-5-4-6-10-18)23-25-20-11-7-8-12-21(20)27(23)3/h4-15,22H,1-3H3,(H,26,28). The van der Waals surface area contributed by atoms with E-state index in [1.807, 2.05) is 93.7 Å². The molecule has 1 unspecified atom stereocenters. The average Bonchev–Trinajstić information content (AvgIpc) is 3.05. The molecule has 1 N–H and O–H groups in total. The minimum atomic E-state index is -0.342. The summed E-state index contributed by atoms with van der Waals surface area (Å²) in [6, 6.07) is 23.6. The zero-order chi connectivity index (χ0) is 19.7. The largest absolute Gasteiger partial charge is 0.338 e. The third-order valence-corrected chi connectivity index (χ3v) is 5.13. The van der Waals surface area contributed by atoms with Crippen molar-refractivity contribution >= 4 is 16.9 Å². The third-order valence-electron chi connectivity index (χ3n) is 5.13. The number of hydrogen-bond donors (Lipinski definition) is 1. The highest BCUT2D eigenvalue weighted by molar-refractivity contribution is 5.96. The van der Waals surface area contributed by atoms with Crippen LogP contribution in [-0.4, -0.2) is 15.5 Å². The van der Waals surface area contributed by atoms with E-state index in [1.165, 1.54) is 0 Å². The molecule has 0 aliphatic heterocycles. The highest BCUT2D eigenvalue weighted by atomic mass is 16.1. The van der Waals surface area contributed by atoms with Crippen molar-refractivity contribution in [1.29, 1.82) is 0 Å². The molecule has 140 valence electrons. The maximum atomic E-state index is 13.2. The van der Waals surface area contributed by atoms with Crippen LogP contribution in [0.2, 0.25) is 0 Å². The molecular weight excluding hydrogens is 346 g/mol. The van der Waals surface area contributed by atoms with Crippen molar-refractivity contribution in [1.82, 2.24) is 14.9 Å². The fraction of sp³-hybridized carbons (Fsp3) is 0.167. The molecule has 0 radical (unpaired) electrons. The lowest BCUT2D eigenvalue weighted by Gasteiger charge is -2.20. The van der Waals surface area contributed by atoms with Gasteiger partial charge in [0, 0.05) is 12.6 Å².